The maximum atomic E-state index is 12.9. The quantitative estimate of drug-likeness (QED) is 0.281. The molecule has 0 aliphatic carbocycles. The third kappa shape index (κ3) is 5.67. The number of ether oxygens (including phenoxy) is 2. The molecule has 1 aliphatic heterocycles. The molecule has 1 aliphatic rings. The van der Waals surface area contributed by atoms with E-state index in [0.717, 1.165) is 16.9 Å². The van der Waals surface area contributed by atoms with Gasteiger partial charge in [0.05, 0.1) is 17.7 Å². The summed E-state index contributed by atoms with van der Waals surface area (Å²) in [5.41, 5.74) is 7.89. The Balaban J connectivity index is 1.34. The van der Waals surface area contributed by atoms with Gasteiger partial charge in [0, 0.05) is 0 Å². The highest BCUT2D eigenvalue weighted by atomic mass is 16.5. The molecule has 0 bridgehead atoms. The van der Waals surface area contributed by atoms with Crippen molar-refractivity contribution in [1.29, 1.82) is 0 Å². The van der Waals surface area contributed by atoms with E-state index in [4.69, 9.17) is 9.47 Å². The summed E-state index contributed by atoms with van der Waals surface area (Å²) in [5, 5.41) is 0. The van der Waals surface area contributed by atoms with Crippen molar-refractivity contribution in [3.8, 4) is 11.5 Å². The number of benzene rings is 3. The lowest BCUT2D eigenvalue weighted by molar-refractivity contribution is -0.121. The van der Waals surface area contributed by atoms with Gasteiger partial charge in [-0.1, -0.05) is 42.5 Å². The lowest BCUT2D eigenvalue weighted by atomic mass is 10.1. The van der Waals surface area contributed by atoms with E-state index in [1.54, 1.807) is 30.3 Å². The maximum absolute atomic E-state index is 12.9. The second-order valence-corrected chi connectivity index (χ2v) is 8.22. The zero-order chi connectivity index (χ0) is 24.8. The Morgan fingerprint density at radius 1 is 0.943 bits per heavy atom. The molecule has 1 heterocycles. The molecule has 35 heavy (non-hydrogen) atoms. The summed E-state index contributed by atoms with van der Waals surface area (Å²) in [4.78, 5) is 39.5. The fraction of sp³-hybridized carbons (Fsp3) is 0.222. The molecule has 3 aromatic carbocycles. The minimum atomic E-state index is -0.862. The molecule has 1 atom stereocenters. The molecule has 4 rings (SSSR count). The summed E-state index contributed by atoms with van der Waals surface area (Å²) in [6.45, 7) is 4.30. The second kappa shape index (κ2) is 10.8. The molecule has 2 N–H and O–H groups in total. The number of rotatable bonds is 9. The van der Waals surface area contributed by atoms with Gasteiger partial charge in [-0.15, -0.1) is 0 Å². The fourth-order valence-electron chi connectivity index (χ4n) is 3.79. The van der Waals surface area contributed by atoms with Crippen molar-refractivity contribution in [2.24, 2.45) is 0 Å². The molecule has 1 fully saturated rings. The van der Waals surface area contributed by atoms with Gasteiger partial charge < -0.3 is 9.47 Å². The van der Waals surface area contributed by atoms with Gasteiger partial charge in [0.15, 0.2) is 0 Å². The first-order valence-corrected chi connectivity index (χ1v) is 11.3. The van der Waals surface area contributed by atoms with E-state index in [1.807, 2.05) is 56.3 Å². The van der Waals surface area contributed by atoms with Crippen LogP contribution in [0.5, 0.6) is 11.5 Å². The van der Waals surface area contributed by atoms with Crippen LogP contribution in [-0.2, 0) is 9.59 Å². The summed E-state index contributed by atoms with van der Waals surface area (Å²) >= 11 is 0. The Labute approximate surface area is 203 Å². The molecule has 8 nitrogen and oxygen atoms in total. The number of carbonyl (C=O) groups is 3. The van der Waals surface area contributed by atoms with Gasteiger partial charge in [0.25, 0.3) is 11.8 Å². The summed E-state index contributed by atoms with van der Waals surface area (Å²) in [5.74, 6) is -0.0921. The van der Waals surface area contributed by atoms with Crippen LogP contribution in [0.15, 0.2) is 72.8 Å². The van der Waals surface area contributed by atoms with E-state index < -0.39 is 17.9 Å². The molecule has 0 radical (unpaired) electrons. The predicted octanol–water partition coefficient (Wildman–Crippen LogP) is 3.33. The predicted molar refractivity (Wildman–Crippen MR) is 131 cm³/mol. The van der Waals surface area contributed by atoms with Gasteiger partial charge in [-0.3, -0.25) is 19.8 Å². The van der Waals surface area contributed by atoms with E-state index in [0.29, 0.717) is 23.6 Å². The van der Waals surface area contributed by atoms with Gasteiger partial charge >= 0.3 is 0 Å². The molecular formula is C27H27N3O5. The summed E-state index contributed by atoms with van der Waals surface area (Å²) in [6.07, 6.45) is -0.0541. The number of carbonyl (C=O) groups excluding carboxylic acids is 3. The number of hydrogen-bond donors (Lipinski definition) is 2. The number of anilines is 1. The number of aryl methyl sites for hydroxylation is 2. The third-order valence-electron chi connectivity index (χ3n) is 5.60. The van der Waals surface area contributed by atoms with Gasteiger partial charge in [-0.05, 0) is 55.3 Å². The summed E-state index contributed by atoms with van der Waals surface area (Å²) in [6, 6.07) is 20.9. The maximum Gasteiger partial charge on any atom is 0.269 e. The SMILES string of the molecule is Cc1ccc(C)c(N2C(=O)C[C@H](NNC(=O)c3ccccc3OCCOc3ccccc3)C2=O)c1. The van der Waals surface area contributed by atoms with Crippen molar-refractivity contribution in [2.75, 3.05) is 18.1 Å². The number of nitrogens with zero attached hydrogens (tertiary/aromatic N) is 1. The highest BCUT2D eigenvalue weighted by molar-refractivity contribution is 6.22. The zero-order valence-electron chi connectivity index (χ0n) is 19.6. The van der Waals surface area contributed by atoms with Crippen LogP contribution in [-0.4, -0.2) is 37.0 Å². The topological polar surface area (TPSA) is 97.0 Å². The molecule has 8 heteroatoms. The molecule has 0 spiro atoms. The monoisotopic (exact) mass is 473 g/mol. The fourth-order valence-corrected chi connectivity index (χ4v) is 3.79. The Hall–Kier alpha value is -4.17. The number of para-hydroxylation sites is 2. The Morgan fingerprint density at radius 2 is 1.66 bits per heavy atom. The average molecular weight is 474 g/mol. The first kappa shape index (κ1) is 24.0. The number of hydrazine groups is 1. The number of amides is 3. The van der Waals surface area contributed by atoms with Gasteiger partial charge in [0.2, 0.25) is 5.91 Å². The molecule has 0 unspecified atom stereocenters. The molecule has 1 saturated heterocycles. The van der Waals surface area contributed by atoms with Crippen LogP contribution in [0.25, 0.3) is 0 Å². The van der Waals surface area contributed by atoms with Crippen LogP contribution in [0.1, 0.15) is 27.9 Å². The van der Waals surface area contributed by atoms with Crippen molar-refractivity contribution in [2.45, 2.75) is 26.3 Å². The lowest BCUT2D eigenvalue weighted by Gasteiger charge is -2.19. The summed E-state index contributed by atoms with van der Waals surface area (Å²) in [7, 11) is 0. The first-order valence-electron chi connectivity index (χ1n) is 11.3. The second-order valence-electron chi connectivity index (χ2n) is 8.22. The molecule has 180 valence electrons. The van der Waals surface area contributed by atoms with Crippen molar-refractivity contribution < 1.29 is 23.9 Å². The van der Waals surface area contributed by atoms with Crippen molar-refractivity contribution >= 4 is 23.4 Å². The highest BCUT2D eigenvalue weighted by Gasteiger charge is 2.40. The smallest absolute Gasteiger partial charge is 0.269 e. The van der Waals surface area contributed by atoms with Crippen LogP contribution in [0.4, 0.5) is 5.69 Å². The van der Waals surface area contributed by atoms with Crippen LogP contribution < -0.4 is 25.2 Å². The van der Waals surface area contributed by atoms with Crippen molar-refractivity contribution in [3.63, 3.8) is 0 Å². The van der Waals surface area contributed by atoms with Crippen molar-refractivity contribution in [1.82, 2.24) is 10.9 Å². The average Bonchev–Trinajstić information content (AvgIpc) is 3.15. The highest BCUT2D eigenvalue weighted by Crippen LogP contribution is 2.27. The van der Waals surface area contributed by atoms with Crippen molar-refractivity contribution in [3.05, 3.63) is 89.5 Å². The first-order chi connectivity index (χ1) is 16.9. The van der Waals surface area contributed by atoms with E-state index in [1.165, 1.54) is 4.90 Å². The summed E-state index contributed by atoms with van der Waals surface area (Å²) < 4.78 is 11.4. The number of imide groups is 1. The van der Waals surface area contributed by atoms with E-state index in [-0.39, 0.29) is 18.9 Å². The standard InChI is InChI=1S/C27H27N3O5/c1-18-12-13-19(2)23(16-18)30-25(31)17-22(27(30)33)28-29-26(32)21-10-6-7-11-24(21)35-15-14-34-20-8-4-3-5-9-20/h3-13,16,22,28H,14-15,17H2,1-2H3,(H,29,32)/t22-/m0/s1. The van der Waals surface area contributed by atoms with Gasteiger partial charge in [0.1, 0.15) is 30.8 Å². The Morgan fingerprint density at radius 3 is 2.46 bits per heavy atom. The largest absolute Gasteiger partial charge is 0.490 e. The third-order valence-corrected chi connectivity index (χ3v) is 5.60. The molecule has 0 aromatic heterocycles. The minimum Gasteiger partial charge on any atom is -0.490 e. The van der Waals surface area contributed by atoms with E-state index in [2.05, 4.69) is 10.9 Å². The molecular weight excluding hydrogens is 446 g/mol. The Kier molecular flexibility index (Phi) is 7.42. The van der Waals surface area contributed by atoms with Gasteiger partial charge in [-0.25, -0.2) is 10.3 Å². The van der Waals surface area contributed by atoms with Crippen LogP contribution >= 0.6 is 0 Å². The van der Waals surface area contributed by atoms with Gasteiger partial charge in [-0.2, -0.15) is 0 Å². The van der Waals surface area contributed by atoms with Crippen LogP contribution in [0.2, 0.25) is 0 Å². The zero-order valence-corrected chi connectivity index (χ0v) is 19.6. The van der Waals surface area contributed by atoms with E-state index >= 15 is 0 Å². The number of nitrogens with one attached hydrogen (secondary N) is 2. The molecule has 0 saturated carbocycles. The lowest BCUT2D eigenvalue weighted by Crippen LogP contribution is -2.48. The molecule has 3 amide bonds. The Bertz CT molecular complexity index is 1230. The minimum absolute atomic E-state index is 0.0541. The number of hydrogen-bond acceptors (Lipinski definition) is 6. The molecule has 3 aromatic rings. The normalized spacial score (nSPS) is 15.3. The van der Waals surface area contributed by atoms with Crippen LogP contribution in [0.3, 0.4) is 0 Å². The van der Waals surface area contributed by atoms with Crippen LogP contribution in [0, 0.1) is 13.8 Å². The van der Waals surface area contributed by atoms with E-state index in [9.17, 15) is 14.4 Å².